The maximum absolute atomic E-state index is 13.8. The number of methoxy groups -OCH3 is 2. The number of nitrogens with one attached hydrogen (secondary N) is 1. The molecule has 3 amide bonds. The van der Waals surface area contributed by atoms with E-state index >= 15 is 0 Å². The van der Waals surface area contributed by atoms with E-state index in [0.717, 1.165) is 6.42 Å². The highest BCUT2D eigenvalue weighted by Crippen LogP contribution is 2.39. The first-order valence-corrected chi connectivity index (χ1v) is 12.7. The second-order valence-corrected chi connectivity index (χ2v) is 9.30. The van der Waals surface area contributed by atoms with Gasteiger partial charge in [0, 0.05) is 50.7 Å². The zero-order valence-electron chi connectivity index (χ0n) is 21.7. The van der Waals surface area contributed by atoms with Crippen molar-refractivity contribution < 1.29 is 28.6 Å². The molecule has 198 valence electrons. The quantitative estimate of drug-likeness (QED) is 0.550. The molecule has 2 aromatic rings. The minimum absolute atomic E-state index is 0.0441. The SMILES string of the molecule is CCc1ccc(C(=O)N2CCC3(CC2)OCC(C(=O)NCCOC)N3C(=O)c2ccc(OC)cc2)cc1. The Labute approximate surface area is 217 Å². The molecule has 2 saturated heterocycles. The minimum atomic E-state index is -0.969. The van der Waals surface area contributed by atoms with E-state index in [4.69, 9.17) is 14.2 Å². The number of piperidine rings is 1. The number of likely N-dealkylation sites (tertiary alicyclic amines) is 1. The molecule has 1 spiro atoms. The molecule has 1 atom stereocenters. The molecule has 2 aliphatic rings. The Hall–Kier alpha value is -3.43. The van der Waals surface area contributed by atoms with Crippen molar-refractivity contribution in [3.05, 3.63) is 65.2 Å². The highest BCUT2D eigenvalue weighted by Gasteiger charge is 2.54. The van der Waals surface area contributed by atoms with Gasteiger partial charge in [0.2, 0.25) is 5.91 Å². The van der Waals surface area contributed by atoms with Gasteiger partial charge in [-0.05, 0) is 48.4 Å². The Bertz CT molecular complexity index is 1090. The molecule has 4 rings (SSSR count). The highest BCUT2D eigenvalue weighted by molar-refractivity contribution is 5.99. The van der Waals surface area contributed by atoms with Crippen LogP contribution in [0.2, 0.25) is 0 Å². The molecule has 0 aliphatic carbocycles. The van der Waals surface area contributed by atoms with Crippen molar-refractivity contribution in [2.24, 2.45) is 0 Å². The van der Waals surface area contributed by atoms with Gasteiger partial charge < -0.3 is 24.4 Å². The Morgan fingerprint density at radius 2 is 1.59 bits per heavy atom. The van der Waals surface area contributed by atoms with Gasteiger partial charge >= 0.3 is 0 Å². The van der Waals surface area contributed by atoms with E-state index in [-0.39, 0.29) is 24.3 Å². The van der Waals surface area contributed by atoms with Crippen molar-refractivity contribution in [1.29, 1.82) is 0 Å². The summed E-state index contributed by atoms with van der Waals surface area (Å²) in [7, 11) is 3.13. The Kier molecular flexibility index (Phi) is 8.45. The molecule has 0 bridgehead atoms. The number of aryl methyl sites for hydroxylation is 1. The molecule has 37 heavy (non-hydrogen) atoms. The van der Waals surface area contributed by atoms with Crippen LogP contribution in [0.15, 0.2) is 48.5 Å². The third-order valence-corrected chi connectivity index (χ3v) is 7.17. The molecule has 0 radical (unpaired) electrons. The molecule has 2 heterocycles. The van der Waals surface area contributed by atoms with Crippen molar-refractivity contribution in [2.45, 2.75) is 38.0 Å². The van der Waals surface area contributed by atoms with Crippen LogP contribution in [0.25, 0.3) is 0 Å². The van der Waals surface area contributed by atoms with Crippen LogP contribution in [0, 0.1) is 0 Å². The average Bonchev–Trinajstić information content (AvgIpc) is 3.31. The summed E-state index contributed by atoms with van der Waals surface area (Å²) in [5.41, 5.74) is 1.29. The van der Waals surface area contributed by atoms with Gasteiger partial charge in [-0.2, -0.15) is 0 Å². The van der Waals surface area contributed by atoms with Crippen molar-refractivity contribution in [3.63, 3.8) is 0 Å². The highest BCUT2D eigenvalue weighted by atomic mass is 16.5. The van der Waals surface area contributed by atoms with E-state index in [2.05, 4.69) is 12.2 Å². The lowest BCUT2D eigenvalue weighted by molar-refractivity contribution is -0.128. The third-order valence-electron chi connectivity index (χ3n) is 7.17. The topological polar surface area (TPSA) is 97.4 Å². The molecular formula is C28H35N3O6. The monoisotopic (exact) mass is 509 g/mol. The summed E-state index contributed by atoms with van der Waals surface area (Å²) >= 11 is 0. The molecule has 0 aromatic heterocycles. The molecule has 9 heteroatoms. The van der Waals surface area contributed by atoms with Crippen LogP contribution in [-0.2, 0) is 20.7 Å². The number of rotatable bonds is 8. The third kappa shape index (κ3) is 5.62. The molecule has 2 aliphatic heterocycles. The average molecular weight is 510 g/mol. The fraction of sp³-hybridized carbons (Fsp3) is 0.464. The van der Waals surface area contributed by atoms with Crippen molar-refractivity contribution in [2.75, 3.05) is 47.1 Å². The van der Waals surface area contributed by atoms with Crippen LogP contribution in [0.3, 0.4) is 0 Å². The fourth-order valence-electron chi connectivity index (χ4n) is 4.96. The van der Waals surface area contributed by atoms with Crippen LogP contribution in [0.5, 0.6) is 5.75 Å². The lowest BCUT2D eigenvalue weighted by Gasteiger charge is -2.44. The summed E-state index contributed by atoms with van der Waals surface area (Å²) in [6.45, 7) is 3.70. The van der Waals surface area contributed by atoms with Gasteiger partial charge in [0.1, 0.15) is 17.5 Å². The number of hydrogen-bond donors (Lipinski definition) is 1. The number of amides is 3. The smallest absolute Gasteiger partial charge is 0.256 e. The maximum atomic E-state index is 13.8. The van der Waals surface area contributed by atoms with Gasteiger partial charge in [-0.25, -0.2) is 0 Å². The summed E-state index contributed by atoms with van der Waals surface area (Å²) < 4.78 is 16.5. The summed E-state index contributed by atoms with van der Waals surface area (Å²) in [4.78, 5) is 43.4. The Balaban J connectivity index is 1.53. The minimum Gasteiger partial charge on any atom is -0.497 e. The van der Waals surface area contributed by atoms with E-state index < -0.39 is 11.8 Å². The van der Waals surface area contributed by atoms with Gasteiger partial charge in [0.25, 0.3) is 11.8 Å². The molecule has 2 fully saturated rings. The standard InChI is InChI=1S/C28H35N3O6/c1-4-20-5-7-21(8-6-20)26(33)30-16-13-28(14-17-30)31(24(19-37-28)25(32)29-15-18-35-2)27(34)22-9-11-23(36-3)12-10-22/h5-12,24H,4,13-19H2,1-3H3,(H,29,32). The maximum Gasteiger partial charge on any atom is 0.256 e. The van der Waals surface area contributed by atoms with E-state index in [0.29, 0.717) is 56.0 Å². The van der Waals surface area contributed by atoms with E-state index in [1.54, 1.807) is 48.3 Å². The molecular weight excluding hydrogens is 474 g/mol. The number of nitrogens with zero attached hydrogens (tertiary/aromatic N) is 2. The van der Waals surface area contributed by atoms with Crippen molar-refractivity contribution in [3.8, 4) is 5.75 Å². The van der Waals surface area contributed by atoms with Crippen LogP contribution in [-0.4, -0.2) is 86.4 Å². The summed E-state index contributed by atoms with van der Waals surface area (Å²) in [5, 5.41) is 2.84. The number of carbonyl (C=O) groups excluding carboxylic acids is 3. The summed E-state index contributed by atoms with van der Waals surface area (Å²) in [6.07, 6.45) is 1.74. The number of carbonyl (C=O) groups is 3. The van der Waals surface area contributed by atoms with Gasteiger partial charge in [-0.15, -0.1) is 0 Å². The molecule has 0 saturated carbocycles. The van der Waals surface area contributed by atoms with Gasteiger partial charge in [0.05, 0.1) is 20.3 Å². The lowest BCUT2D eigenvalue weighted by Crippen LogP contribution is -2.60. The zero-order chi connectivity index (χ0) is 26.4. The second kappa shape index (κ2) is 11.7. The van der Waals surface area contributed by atoms with Crippen LogP contribution >= 0.6 is 0 Å². The van der Waals surface area contributed by atoms with Crippen molar-refractivity contribution in [1.82, 2.24) is 15.1 Å². The summed E-state index contributed by atoms with van der Waals surface area (Å²) in [5.74, 6) is 0.0151. The lowest BCUT2D eigenvalue weighted by atomic mass is 9.96. The van der Waals surface area contributed by atoms with Gasteiger partial charge in [0.15, 0.2) is 0 Å². The number of hydrogen-bond acceptors (Lipinski definition) is 6. The predicted molar refractivity (Wildman–Crippen MR) is 137 cm³/mol. The molecule has 2 aromatic carbocycles. The molecule has 1 N–H and O–H groups in total. The first-order chi connectivity index (χ1) is 17.9. The first kappa shape index (κ1) is 26.6. The van der Waals surface area contributed by atoms with Crippen LogP contribution < -0.4 is 10.1 Å². The van der Waals surface area contributed by atoms with E-state index in [1.165, 1.54) is 5.56 Å². The van der Waals surface area contributed by atoms with E-state index in [9.17, 15) is 14.4 Å². The van der Waals surface area contributed by atoms with E-state index in [1.807, 2.05) is 24.3 Å². The summed E-state index contributed by atoms with van der Waals surface area (Å²) in [6, 6.07) is 13.7. The zero-order valence-corrected chi connectivity index (χ0v) is 21.7. The van der Waals surface area contributed by atoms with Crippen LogP contribution in [0.1, 0.15) is 46.0 Å². The van der Waals surface area contributed by atoms with Gasteiger partial charge in [-0.3, -0.25) is 19.3 Å². The first-order valence-electron chi connectivity index (χ1n) is 12.7. The van der Waals surface area contributed by atoms with Gasteiger partial charge in [-0.1, -0.05) is 19.1 Å². The second-order valence-electron chi connectivity index (χ2n) is 9.30. The van der Waals surface area contributed by atoms with Crippen LogP contribution in [0.4, 0.5) is 0 Å². The Morgan fingerprint density at radius 3 is 2.19 bits per heavy atom. The van der Waals surface area contributed by atoms with Crippen molar-refractivity contribution >= 4 is 17.7 Å². The normalized spacial score (nSPS) is 18.6. The number of benzene rings is 2. The largest absolute Gasteiger partial charge is 0.497 e. The fourth-order valence-corrected chi connectivity index (χ4v) is 4.96. The molecule has 1 unspecified atom stereocenters. The number of ether oxygens (including phenoxy) is 3. The Morgan fingerprint density at radius 1 is 0.973 bits per heavy atom. The molecule has 9 nitrogen and oxygen atoms in total. The predicted octanol–water partition coefficient (Wildman–Crippen LogP) is 2.49.